The van der Waals surface area contributed by atoms with Crippen LogP contribution in [0.3, 0.4) is 0 Å². The zero-order chi connectivity index (χ0) is 16.7. The normalized spacial score (nSPS) is 13.8. The SMILES string of the molecule is CC(=O)c1ccc2c(c1)CCN2C(=O)/C=C/c1cnc2sccn12. The first-order valence-electron chi connectivity index (χ1n) is 7.67. The van der Waals surface area contributed by atoms with Crippen LogP contribution in [-0.4, -0.2) is 27.6 Å². The van der Waals surface area contributed by atoms with E-state index in [1.54, 1.807) is 47.6 Å². The molecule has 4 rings (SSSR count). The number of ketones is 1. The third kappa shape index (κ3) is 2.45. The number of amides is 1. The first-order chi connectivity index (χ1) is 11.6. The van der Waals surface area contributed by atoms with Gasteiger partial charge in [0.1, 0.15) is 0 Å². The average molecular weight is 337 g/mol. The first-order valence-corrected chi connectivity index (χ1v) is 8.55. The monoisotopic (exact) mass is 337 g/mol. The molecule has 0 unspecified atom stereocenters. The van der Waals surface area contributed by atoms with E-state index in [0.717, 1.165) is 28.3 Å². The molecule has 0 fully saturated rings. The highest BCUT2D eigenvalue weighted by atomic mass is 32.1. The van der Waals surface area contributed by atoms with Crippen molar-refractivity contribution in [2.45, 2.75) is 13.3 Å². The summed E-state index contributed by atoms with van der Waals surface area (Å²) in [5.74, 6) is -0.0162. The van der Waals surface area contributed by atoms with Gasteiger partial charge in [0.25, 0.3) is 5.91 Å². The molecule has 3 heterocycles. The van der Waals surface area contributed by atoms with Crippen molar-refractivity contribution in [3.63, 3.8) is 0 Å². The quantitative estimate of drug-likeness (QED) is 0.545. The van der Waals surface area contributed by atoms with Crippen molar-refractivity contribution in [1.29, 1.82) is 0 Å². The molecular weight excluding hydrogens is 322 g/mol. The number of carbonyl (C=O) groups is 2. The number of rotatable bonds is 3. The fourth-order valence-corrected chi connectivity index (χ4v) is 3.66. The number of Topliss-reactive ketones (excluding diaryl/α,β-unsaturated/α-hetero) is 1. The van der Waals surface area contributed by atoms with Gasteiger partial charge in [-0.15, -0.1) is 11.3 Å². The van der Waals surface area contributed by atoms with Gasteiger partial charge in [-0.25, -0.2) is 4.98 Å². The summed E-state index contributed by atoms with van der Waals surface area (Å²) < 4.78 is 1.95. The lowest BCUT2D eigenvalue weighted by Gasteiger charge is -2.15. The number of fused-ring (bicyclic) bond motifs is 2. The Labute approximate surface area is 142 Å². The Morgan fingerprint density at radius 1 is 1.33 bits per heavy atom. The fourth-order valence-electron chi connectivity index (χ4n) is 2.97. The van der Waals surface area contributed by atoms with Gasteiger partial charge in [0.15, 0.2) is 10.7 Å². The van der Waals surface area contributed by atoms with Gasteiger partial charge in [0.2, 0.25) is 0 Å². The van der Waals surface area contributed by atoms with E-state index in [-0.39, 0.29) is 11.7 Å². The van der Waals surface area contributed by atoms with E-state index in [0.29, 0.717) is 12.1 Å². The van der Waals surface area contributed by atoms with E-state index in [4.69, 9.17) is 0 Å². The van der Waals surface area contributed by atoms with E-state index < -0.39 is 0 Å². The highest BCUT2D eigenvalue weighted by Crippen LogP contribution is 2.29. The largest absolute Gasteiger partial charge is 0.308 e. The minimum atomic E-state index is -0.0606. The molecule has 0 saturated heterocycles. The maximum absolute atomic E-state index is 12.5. The van der Waals surface area contributed by atoms with Gasteiger partial charge >= 0.3 is 0 Å². The topological polar surface area (TPSA) is 54.7 Å². The van der Waals surface area contributed by atoms with Crippen LogP contribution in [0.1, 0.15) is 28.5 Å². The average Bonchev–Trinajstić information content (AvgIpc) is 3.27. The van der Waals surface area contributed by atoms with Crippen LogP contribution >= 0.6 is 11.3 Å². The second-order valence-corrected chi connectivity index (χ2v) is 6.58. The summed E-state index contributed by atoms with van der Waals surface area (Å²) in [6.07, 6.45) is 7.84. The predicted octanol–water partition coefficient (Wildman–Crippen LogP) is 3.20. The van der Waals surface area contributed by atoms with Crippen molar-refractivity contribution >= 4 is 39.8 Å². The van der Waals surface area contributed by atoms with Gasteiger partial charge in [-0.3, -0.25) is 14.0 Å². The molecule has 0 radical (unpaired) electrons. The van der Waals surface area contributed by atoms with Crippen LogP contribution < -0.4 is 4.90 Å². The molecule has 1 aliphatic rings. The molecule has 0 N–H and O–H groups in total. The number of hydrogen-bond acceptors (Lipinski definition) is 4. The van der Waals surface area contributed by atoms with Crippen LogP contribution in [-0.2, 0) is 11.2 Å². The number of aromatic nitrogens is 2. The van der Waals surface area contributed by atoms with Crippen LogP contribution in [0, 0.1) is 0 Å². The van der Waals surface area contributed by atoms with Crippen molar-refractivity contribution in [3.8, 4) is 0 Å². The third-order valence-corrected chi connectivity index (χ3v) is 4.99. The van der Waals surface area contributed by atoms with E-state index >= 15 is 0 Å². The summed E-state index contributed by atoms with van der Waals surface area (Å²) >= 11 is 1.56. The van der Waals surface area contributed by atoms with Crippen molar-refractivity contribution in [2.75, 3.05) is 11.4 Å². The number of imidazole rings is 1. The van der Waals surface area contributed by atoms with Gasteiger partial charge in [-0.1, -0.05) is 0 Å². The lowest BCUT2D eigenvalue weighted by molar-refractivity contribution is -0.114. The summed E-state index contributed by atoms with van der Waals surface area (Å²) in [6, 6.07) is 5.53. The lowest BCUT2D eigenvalue weighted by atomic mass is 10.1. The Morgan fingerprint density at radius 3 is 3.04 bits per heavy atom. The molecule has 0 bridgehead atoms. The minimum absolute atomic E-state index is 0.0444. The highest BCUT2D eigenvalue weighted by Gasteiger charge is 2.23. The van der Waals surface area contributed by atoms with E-state index in [9.17, 15) is 9.59 Å². The molecule has 6 heteroatoms. The molecule has 24 heavy (non-hydrogen) atoms. The van der Waals surface area contributed by atoms with Gasteiger partial charge in [0.05, 0.1) is 11.9 Å². The van der Waals surface area contributed by atoms with E-state index in [1.165, 1.54) is 0 Å². The summed E-state index contributed by atoms with van der Waals surface area (Å²) in [5, 5.41) is 1.96. The summed E-state index contributed by atoms with van der Waals surface area (Å²) in [6.45, 7) is 2.19. The second kappa shape index (κ2) is 5.72. The molecule has 5 nitrogen and oxygen atoms in total. The van der Waals surface area contributed by atoms with Crippen molar-refractivity contribution < 1.29 is 9.59 Å². The maximum atomic E-state index is 12.5. The van der Waals surface area contributed by atoms with Gasteiger partial charge in [0, 0.05) is 35.4 Å². The Morgan fingerprint density at radius 2 is 2.21 bits per heavy atom. The molecular formula is C18H15N3O2S. The van der Waals surface area contributed by atoms with Crippen molar-refractivity contribution in [3.05, 3.63) is 58.9 Å². The Kier molecular flexibility index (Phi) is 3.54. The number of hydrogen-bond donors (Lipinski definition) is 0. The highest BCUT2D eigenvalue weighted by molar-refractivity contribution is 7.15. The minimum Gasteiger partial charge on any atom is -0.308 e. The van der Waals surface area contributed by atoms with Crippen LogP contribution in [0.2, 0.25) is 0 Å². The van der Waals surface area contributed by atoms with E-state index in [2.05, 4.69) is 4.98 Å². The van der Waals surface area contributed by atoms with Gasteiger partial charge in [-0.05, 0) is 43.2 Å². The molecule has 1 aromatic carbocycles. The molecule has 1 aliphatic heterocycles. The number of benzene rings is 1. The Balaban J connectivity index is 1.57. The summed E-state index contributed by atoms with van der Waals surface area (Å²) in [7, 11) is 0. The molecule has 3 aromatic rings. The molecule has 0 saturated carbocycles. The number of anilines is 1. The third-order valence-electron chi connectivity index (χ3n) is 4.22. The Hall–Kier alpha value is -2.73. The van der Waals surface area contributed by atoms with E-state index in [1.807, 2.05) is 28.1 Å². The fraction of sp³-hybridized carbons (Fsp3) is 0.167. The molecule has 0 aliphatic carbocycles. The van der Waals surface area contributed by atoms with Crippen molar-refractivity contribution in [1.82, 2.24) is 9.38 Å². The van der Waals surface area contributed by atoms with Gasteiger partial charge < -0.3 is 4.90 Å². The predicted molar refractivity (Wildman–Crippen MR) is 94.6 cm³/mol. The number of thiazole rings is 1. The smallest absolute Gasteiger partial charge is 0.251 e. The molecule has 1 amide bonds. The van der Waals surface area contributed by atoms with Gasteiger partial charge in [-0.2, -0.15) is 0 Å². The standard InChI is InChI=1S/C18H15N3O2S/c1-12(22)13-2-4-16-14(10-13)6-7-21(16)17(23)5-3-15-11-19-18-20(15)8-9-24-18/h2-5,8-11H,6-7H2,1H3/b5-3+. The van der Waals surface area contributed by atoms with Crippen LogP contribution in [0.5, 0.6) is 0 Å². The lowest BCUT2D eigenvalue weighted by Crippen LogP contribution is -2.26. The summed E-state index contributed by atoms with van der Waals surface area (Å²) in [4.78, 5) is 31.0. The number of carbonyl (C=O) groups excluding carboxylic acids is 2. The van der Waals surface area contributed by atoms with Crippen molar-refractivity contribution in [2.24, 2.45) is 0 Å². The second-order valence-electron chi connectivity index (χ2n) is 5.71. The van der Waals surface area contributed by atoms with Crippen LogP contribution in [0.25, 0.3) is 11.0 Å². The molecule has 120 valence electrons. The van der Waals surface area contributed by atoms with Crippen LogP contribution in [0.15, 0.2) is 42.0 Å². The molecule has 2 aromatic heterocycles. The zero-order valence-electron chi connectivity index (χ0n) is 13.1. The molecule has 0 atom stereocenters. The first kappa shape index (κ1) is 14.8. The zero-order valence-corrected chi connectivity index (χ0v) is 13.9. The maximum Gasteiger partial charge on any atom is 0.251 e. The van der Waals surface area contributed by atoms with Crippen LogP contribution in [0.4, 0.5) is 5.69 Å². The molecule has 0 spiro atoms. The number of nitrogens with zero attached hydrogens (tertiary/aromatic N) is 3. The Bertz CT molecular complexity index is 983. The summed E-state index contributed by atoms with van der Waals surface area (Å²) in [5.41, 5.74) is 3.52.